The lowest BCUT2D eigenvalue weighted by molar-refractivity contribution is 0.161. The van der Waals surface area contributed by atoms with Crippen LogP contribution in [0.1, 0.15) is 36.6 Å². The van der Waals surface area contributed by atoms with E-state index in [1.54, 1.807) is 0 Å². The number of ether oxygens (including phenoxy) is 1. The summed E-state index contributed by atoms with van der Waals surface area (Å²) in [5.74, 6) is 0.894. The second-order valence-electron chi connectivity index (χ2n) is 4.62. The molecule has 94 valence electrons. The average Bonchev–Trinajstić information content (AvgIpc) is 2.87. The summed E-state index contributed by atoms with van der Waals surface area (Å²) in [7, 11) is 0. The normalized spacial score (nSPS) is 22.3. The Morgan fingerprint density at radius 1 is 1.44 bits per heavy atom. The fourth-order valence-electron chi connectivity index (χ4n) is 2.38. The maximum atomic E-state index is 6.21. The van der Waals surface area contributed by atoms with E-state index in [0.29, 0.717) is 0 Å². The van der Waals surface area contributed by atoms with Crippen molar-refractivity contribution in [3.8, 4) is 5.75 Å². The van der Waals surface area contributed by atoms with Crippen molar-refractivity contribution in [2.24, 2.45) is 5.73 Å². The molecule has 0 spiro atoms. The molecular weight excluding hydrogens is 226 g/mol. The van der Waals surface area contributed by atoms with Gasteiger partial charge in [-0.25, -0.2) is 0 Å². The van der Waals surface area contributed by atoms with Crippen LogP contribution in [0.25, 0.3) is 0 Å². The number of benzene rings is 1. The molecule has 1 aliphatic heterocycles. The summed E-state index contributed by atoms with van der Waals surface area (Å²) in [6.07, 6.45) is 4.71. The zero-order chi connectivity index (χ0) is 12.5. The van der Waals surface area contributed by atoms with Gasteiger partial charge in [0.1, 0.15) is 11.9 Å². The quantitative estimate of drug-likeness (QED) is 0.881. The zero-order valence-corrected chi connectivity index (χ0v) is 10.4. The van der Waals surface area contributed by atoms with Gasteiger partial charge in [0.05, 0.1) is 6.20 Å². The Morgan fingerprint density at radius 3 is 3.06 bits per heavy atom. The monoisotopic (exact) mass is 243 g/mol. The lowest BCUT2D eigenvalue weighted by atomic mass is 9.95. The second kappa shape index (κ2) is 4.46. The minimum atomic E-state index is 0.00944. The topological polar surface area (TPSA) is 53.1 Å². The van der Waals surface area contributed by atoms with Crippen molar-refractivity contribution in [1.29, 1.82) is 0 Å². The molecule has 1 aliphatic rings. The van der Waals surface area contributed by atoms with Gasteiger partial charge in [0.2, 0.25) is 0 Å². The highest BCUT2D eigenvalue weighted by Gasteiger charge is 2.27. The van der Waals surface area contributed by atoms with Gasteiger partial charge < -0.3 is 10.5 Å². The standard InChI is InChI=1S/C14H17N3O/c1-2-17-9-10(8-16-17)14-7-12(15)11-5-3-4-6-13(11)18-14/h3-6,8-9,12,14H,2,7,15H2,1H3. The molecule has 0 amide bonds. The van der Waals surface area contributed by atoms with Crippen LogP contribution in [-0.2, 0) is 6.54 Å². The van der Waals surface area contributed by atoms with E-state index in [0.717, 1.165) is 29.8 Å². The van der Waals surface area contributed by atoms with E-state index in [9.17, 15) is 0 Å². The number of rotatable bonds is 2. The van der Waals surface area contributed by atoms with Crippen LogP contribution in [0.4, 0.5) is 0 Å². The molecule has 2 N–H and O–H groups in total. The van der Waals surface area contributed by atoms with Gasteiger partial charge in [-0.05, 0) is 13.0 Å². The minimum Gasteiger partial charge on any atom is -0.485 e. The van der Waals surface area contributed by atoms with Gasteiger partial charge >= 0.3 is 0 Å². The fourth-order valence-corrected chi connectivity index (χ4v) is 2.38. The molecule has 0 aliphatic carbocycles. The lowest BCUT2D eigenvalue weighted by Gasteiger charge is -2.29. The summed E-state index contributed by atoms with van der Waals surface area (Å²) in [6.45, 7) is 2.94. The van der Waals surface area contributed by atoms with Crippen LogP contribution >= 0.6 is 0 Å². The van der Waals surface area contributed by atoms with Crippen molar-refractivity contribution >= 4 is 0 Å². The van der Waals surface area contributed by atoms with Crippen molar-refractivity contribution in [1.82, 2.24) is 9.78 Å². The molecule has 18 heavy (non-hydrogen) atoms. The smallest absolute Gasteiger partial charge is 0.129 e. The number of nitrogens with zero attached hydrogens (tertiary/aromatic N) is 2. The molecule has 0 saturated carbocycles. The van der Waals surface area contributed by atoms with E-state index in [1.165, 1.54) is 0 Å². The Bertz CT molecular complexity index is 549. The Hall–Kier alpha value is -1.81. The fraction of sp³-hybridized carbons (Fsp3) is 0.357. The van der Waals surface area contributed by atoms with Crippen LogP contribution in [0.5, 0.6) is 5.75 Å². The number of aryl methyl sites for hydroxylation is 1. The predicted octanol–water partition coefficient (Wildman–Crippen LogP) is 2.43. The highest BCUT2D eigenvalue weighted by Crippen LogP contribution is 2.39. The number of fused-ring (bicyclic) bond motifs is 1. The van der Waals surface area contributed by atoms with Crippen LogP contribution in [0, 0.1) is 0 Å². The van der Waals surface area contributed by atoms with Gasteiger partial charge in [-0.3, -0.25) is 4.68 Å². The Morgan fingerprint density at radius 2 is 2.28 bits per heavy atom. The van der Waals surface area contributed by atoms with Crippen molar-refractivity contribution in [2.45, 2.75) is 32.0 Å². The van der Waals surface area contributed by atoms with E-state index in [2.05, 4.69) is 12.0 Å². The molecule has 2 aromatic rings. The van der Waals surface area contributed by atoms with Crippen molar-refractivity contribution in [2.75, 3.05) is 0 Å². The van der Waals surface area contributed by atoms with E-state index in [-0.39, 0.29) is 12.1 Å². The summed E-state index contributed by atoms with van der Waals surface area (Å²) in [5, 5.41) is 4.29. The molecule has 0 radical (unpaired) electrons. The third-order valence-corrected chi connectivity index (χ3v) is 3.40. The number of aromatic nitrogens is 2. The molecule has 0 saturated heterocycles. The summed E-state index contributed by atoms with van der Waals surface area (Å²) < 4.78 is 7.92. The van der Waals surface area contributed by atoms with Crippen molar-refractivity contribution in [3.63, 3.8) is 0 Å². The highest BCUT2D eigenvalue weighted by atomic mass is 16.5. The maximum absolute atomic E-state index is 6.21. The van der Waals surface area contributed by atoms with Gasteiger partial charge in [-0.1, -0.05) is 18.2 Å². The van der Waals surface area contributed by atoms with Crippen LogP contribution in [0.3, 0.4) is 0 Å². The highest BCUT2D eigenvalue weighted by molar-refractivity contribution is 5.38. The molecular formula is C14H17N3O. The van der Waals surface area contributed by atoms with E-state index in [1.807, 2.05) is 41.3 Å². The van der Waals surface area contributed by atoms with Gasteiger partial charge in [-0.2, -0.15) is 5.10 Å². The molecule has 4 heteroatoms. The number of hydrogen-bond donors (Lipinski definition) is 1. The van der Waals surface area contributed by atoms with Gasteiger partial charge in [-0.15, -0.1) is 0 Å². The van der Waals surface area contributed by atoms with Crippen molar-refractivity contribution < 1.29 is 4.74 Å². The molecule has 1 aromatic carbocycles. The summed E-state index contributed by atoms with van der Waals surface area (Å²) >= 11 is 0. The molecule has 2 unspecified atom stereocenters. The molecule has 1 aromatic heterocycles. The molecule has 3 rings (SSSR count). The first kappa shape index (κ1) is 11.3. The summed E-state index contributed by atoms with van der Waals surface area (Å²) in [5.41, 5.74) is 8.40. The first-order chi connectivity index (χ1) is 8.78. The average molecular weight is 243 g/mol. The van der Waals surface area contributed by atoms with Gasteiger partial charge in [0.15, 0.2) is 0 Å². The number of nitrogens with two attached hydrogens (primary N) is 1. The Labute approximate surface area is 106 Å². The third kappa shape index (κ3) is 1.88. The summed E-state index contributed by atoms with van der Waals surface area (Å²) in [6, 6.07) is 8.02. The molecule has 2 atom stereocenters. The van der Waals surface area contributed by atoms with Crippen LogP contribution in [0.15, 0.2) is 36.7 Å². The van der Waals surface area contributed by atoms with Gasteiger partial charge in [0.25, 0.3) is 0 Å². The number of hydrogen-bond acceptors (Lipinski definition) is 3. The maximum Gasteiger partial charge on any atom is 0.129 e. The first-order valence-corrected chi connectivity index (χ1v) is 6.31. The first-order valence-electron chi connectivity index (χ1n) is 6.31. The van der Waals surface area contributed by atoms with Gasteiger partial charge in [0, 0.05) is 36.3 Å². The molecule has 0 bridgehead atoms. The molecule has 0 fully saturated rings. The van der Waals surface area contributed by atoms with Crippen LogP contribution in [-0.4, -0.2) is 9.78 Å². The van der Waals surface area contributed by atoms with E-state index < -0.39 is 0 Å². The largest absolute Gasteiger partial charge is 0.485 e. The minimum absolute atomic E-state index is 0.00944. The third-order valence-electron chi connectivity index (χ3n) is 3.40. The summed E-state index contributed by atoms with van der Waals surface area (Å²) in [4.78, 5) is 0. The van der Waals surface area contributed by atoms with Crippen LogP contribution in [0.2, 0.25) is 0 Å². The lowest BCUT2D eigenvalue weighted by Crippen LogP contribution is -2.23. The number of para-hydroxylation sites is 1. The molecule has 2 heterocycles. The van der Waals surface area contributed by atoms with Crippen molar-refractivity contribution in [3.05, 3.63) is 47.8 Å². The van der Waals surface area contributed by atoms with Crippen LogP contribution < -0.4 is 10.5 Å². The predicted molar refractivity (Wildman–Crippen MR) is 69.3 cm³/mol. The zero-order valence-electron chi connectivity index (χ0n) is 10.4. The van der Waals surface area contributed by atoms with E-state index >= 15 is 0 Å². The van der Waals surface area contributed by atoms with E-state index in [4.69, 9.17) is 10.5 Å². The molecule has 4 nitrogen and oxygen atoms in total. The Balaban J connectivity index is 1.89. The second-order valence-corrected chi connectivity index (χ2v) is 4.62. The Kier molecular flexibility index (Phi) is 2.80. The SMILES string of the molecule is CCn1cc(C2CC(N)c3ccccc3O2)cn1.